The van der Waals surface area contributed by atoms with Gasteiger partial charge in [-0.3, -0.25) is 14.7 Å². The van der Waals surface area contributed by atoms with E-state index < -0.39 is 0 Å². The van der Waals surface area contributed by atoms with Crippen molar-refractivity contribution in [3.8, 4) is 0 Å². The Morgan fingerprint density at radius 1 is 1.04 bits per heavy atom. The quantitative estimate of drug-likeness (QED) is 0.840. The molecule has 0 saturated carbocycles. The number of amides is 3. The molecule has 1 aromatic heterocycles. The monoisotopic (exact) mass is 387 g/mol. The van der Waals surface area contributed by atoms with Gasteiger partial charge in [-0.15, -0.1) is 0 Å². The Kier molecular flexibility index (Phi) is 7.25. The second-order valence-electron chi connectivity index (χ2n) is 8.16. The summed E-state index contributed by atoms with van der Waals surface area (Å²) in [5.41, 5.74) is 1.02. The minimum Gasteiger partial charge on any atom is -0.342 e. The van der Waals surface area contributed by atoms with Crippen molar-refractivity contribution in [1.29, 1.82) is 0 Å². The van der Waals surface area contributed by atoms with Crippen LogP contribution in [0.25, 0.3) is 0 Å². The van der Waals surface area contributed by atoms with E-state index in [2.05, 4.69) is 29.0 Å². The molecule has 2 saturated heterocycles. The fraction of sp³-hybridized carbons (Fsp3) is 0.667. The lowest BCUT2D eigenvalue weighted by atomic mass is 9.97. The Morgan fingerprint density at radius 3 is 2.36 bits per heavy atom. The van der Waals surface area contributed by atoms with Crippen LogP contribution in [0.1, 0.15) is 44.7 Å². The molecule has 0 unspecified atom stereocenters. The van der Waals surface area contributed by atoms with Crippen LogP contribution in [0.3, 0.4) is 0 Å². The molecule has 0 aliphatic carbocycles. The van der Waals surface area contributed by atoms with Crippen molar-refractivity contribution in [3.05, 3.63) is 30.1 Å². The Hall–Kier alpha value is -2.15. The lowest BCUT2D eigenvalue weighted by Gasteiger charge is -2.37. The van der Waals surface area contributed by atoms with E-state index in [0.717, 1.165) is 44.6 Å². The van der Waals surface area contributed by atoms with Gasteiger partial charge in [-0.25, -0.2) is 4.79 Å². The molecule has 28 heavy (non-hydrogen) atoms. The van der Waals surface area contributed by atoms with Gasteiger partial charge in [0.05, 0.1) is 12.6 Å². The molecule has 2 aliphatic rings. The molecule has 7 heteroatoms. The Labute approximate surface area is 168 Å². The summed E-state index contributed by atoms with van der Waals surface area (Å²) < 4.78 is 0. The number of rotatable bonds is 5. The molecule has 2 aliphatic heterocycles. The van der Waals surface area contributed by atoms with E-state index in [0.29, 0.717) is 19.6 Å². The van der Waals surface area contributed by atoms with E-state index in [9.17, 15) is 9.59 Å². The summed E-state index contributed by atoms with van der Waals surface area (Å²) in [6, 6.07) is 3.81. The fourth-order valence-corrected chi connectivity index (χ4v) is 3.96. The lowest BCUT2D eigenvalue weighted by molar-refractivity contribution is -0.133. The molecule has 1 atom stereocenters. The van der Waals surface area contributed by atoms with Gasteiger partial charge in [0.2, 0.25) is 5.91 Å². The van der Waals surface area contributed by atoms with E-state index in [1.807, 2.05) is 28.1 Å². The molecule has 0 spiro atoms. The van der Waals surface area contributed by atoms with Gasteiger partial charge in [-0.05, 0) is 36.8 Å². The van der Waals surface area contributed by atoms with Crippen LogP contribution in [-0.4, -0.2) is 77.4 Å². The minimum absolute atomic E-state index is 0.0374. The van der Waals surface area contributed by atoms with E-state index in [-0.39, 0.29) is 23.9 Å². The van der Waals surface area contributed by atoms with Gasteiger partial charge in [-0.1, -0.05) is 19.9 Å². The zero-order valence-corrected chi connectivity index (χ0v) is 17.1. The summed E-state index contributed by atoms with van der Waals surface area (Å²) in [5.74, 6) is 0.505. The maximum absolute atomic E-state index is 12.8. The van der Waals surface area contributed by atoms with Crippen molar-refractivity contribution in [3.63, 3.8) is 0 Å². The third-order valence-electron chi connectivity index (χ3n) is 5.72. The zero-order chi connectivity index (χ0) is 19.9. The number of hydrogen-bond acceptors (Lipinski definition) is 4. The van der Waals surface area contributed by atoms with E-state index in [4.69, 9.17) is 0 Å². The van der Waals surface area contributed by atoms with E-state index in [1.165, 1.54) is 6.42 Å². The topological polar surface area (TPSA) is 68.8 Å². The van der Waals surface area contributed by atoms with Gasteiger partial charge >= 0.3 is 6.03 Å². The van der Waals surface area contributed by atoms with Crippen molar-refractivity contribution in [2.45, 2.75) is 39.2 Å². The van der Waals surface area contributed by atoms with Crippen LogP contribution in [0, 0.1) is 5.92 Å². The number of hydrogen-bond donors (Lipinski definition) is 1. The minimum atomic E-state index is -0.0556. The van der Waals surface area contributed by atoms with E-state index >= 15 is 0 Å². The molecule has 0 bridgehead atoms. The Morgan fingerprint density at radius 2 is 1.75 bits per heavy atom. The molecular weight excluding hydrogens is 354 g/mol. The summed E-state index contributed by atoms with van der Waals surface area (Å²) in [5, 5.41) is 3.16. The van der Waals surface area contributed by atoms with Gasteiger partial charge in [0.25, 0.3) is 0 Å². The van der Waals surface area contributed by atoms with Gasteiger partial charge in [-0.2, -0.15) is 0 Å². The summed E-state index contributed by atoms with van der Waals surface area (Å²) in [6.07, 6.45) is 7.03. The molecule has 1 aromatic rings. The second kappa shape index (κ2) is 9.87. The molecule has 7 nitrogen and oxygen atoms in total. The zero-order valence-electron chi connectivity index (χ0n) is 17.1. The smallest absolute Gasteiger partial charge is 0.317 e. The van der Waals surface area contributed by atoms with Gasteiger partial charge in [0, 0.05) is 51.7 Å². The average Bonchev–Trinajstić information content (AvgIpc) is 2.73. The third kappa shape index (κ3) is 5.44. The normalized spacial score (nSPS) is 19.5. The molecule has 0 radical (unpaired) electrons. The summed E-state index contributed by atoms with van der Waals surface area (Å²) in [6.45, 7) is 9.24. The first kappa shape index (κ1) is 20.6. The van der Waals surface area contributed by atoms with Crippen LogP contribution in [0.4, 0.5) is 4.79 Å². The molecule has 154 valence electrons. The number of urea groups is 1. The highest BCUT2D eigenvalue weighted by Crippen LogP contribution is 2.21. The summed E-state index contributed by atoms with van der Waals surface area (Å²) >= 11 is 0. The molecule has 2 fully saturated rings. The van der Waals surface area contributed by atoms with Crippen LogP contribution in [0.15, 0.2) is 24.5 Å². The maximum atomic E-state index is 12.8. The van der Waals surface area contributed by atoms with Gasteiger partial charge < -0.3 is 15.1 Å². The van der Waals surface area contributed by atoms with Crippen LogP contribution in [0.2, 0.25) is 0 Å². The molecule has 3 rings (SSSR count). The maximum Gasteiger partial charge on any atom is 0.317 e. The molecule has 1 N–H and O–H groups in total. The highest BCUT2D eigenvalue weighted by molar-refractivity contribution is 5.78. The summed E-state index contributed by atoms with van der Waals surface area (Å²) in [7, 11) is 0. The van der Waals surface area contributed by atoms with E-state index in [1.54, 1.807) is 6.20 Å². The van der Waals surface area contributed by atoms with Crippen LogP contribution in [0.5, 0.6) is 0 Å². The third-order valence-corrected chi connectivity index (χ3v) is 5.72. The largest absolute Gasteiger partial charge is 0.342 e. The van der Waals surface area contributed by atoms with Crippen LogP contribution >= 0.6 is 0 Å². The number of nitrogens with zero attached hydrogens (tertiary/aromatic N) is 4. The van der Waals surface area contributed by atoms with Gasteiger partial charge in [0.1, 0.15) is 0 Å². The van der Waals surface area contributed by atoms with Crippen LogP contribution < -0.4 is 5.32 Å². The Bertz CT molecular complexity index is 637. The number of pyridine rings is 1. The summed E-state index contributed by atoms with van der Waals surface area (Å²) in [4.78, 5) is 35.4. The van der Waals surface area contributed by atoms with Crippen molar-refractivity contribution in [1.82, 2.24) is 25.0 Å². The standard InChI is InChI=1S/C21H33N5O2/c1-17(2)20(18-7-6-8-22-15-18)23-21(28)26-13-11-24(12-14-26)16-19(27)25-9-4-3-5-10-25/h6-8,15,17,20H,3-5,9-14,16H2,1-2H3,(H,23,28)/t20-/m0/s1. The second-order valence-corrected chi connectivity index (χ2v) is 8.16. The van der Waals surface area contributed by atoms with Crippen LogP contribution in [-0.2, 0) is 4.79 Å². The average molecular weight is 388 g/mol. The molecule has 3 amide bonds. The predicted octanol–water partition coefficient (Wildman–Crippen LogP) is 2.12. The number of piperazine rings is 1. The first-order valence-electron chi connectivity index (χ1n) is 10.5. The number of likely N-dealkylation sites (tertiary alicyclic amines) is 1. The lowest BCUT2D eigenvalue weighted by Crippen LogP contribution is -2.54. The number of aromatic nitrogens is 1. The number of nitrogens with one attached hydrogen (secondary N) is 1. The van der Waals surface area contributed by atoms with Crippen molar-refractivity contribution >= 4 is 11.9 Å². The Balaban J connectivity index is 1.47. The van der Waals surface area contributed by atoms with Crippen molar-refractivity contribution in [2.75, 3.05) is 45.8 Å². The highest BCUT2D eigenvalue weighted by atomic mass is 16.2. The van der Waals surface area contributed by atoms with Gasteiger partial charge in [0.15, 0.2) is 0 Å². The molecule has 0 aromatic carbocycles. The fourth-order valence-electron chi connectivity index (χ4n) is 3.96. The van der Waals surface area contributed by atoms with Crippen molar-refractivity contribution < 1.29 is 9.59 Å². The van der Waals surface area contributed by atoms with Crippen molar-refractivity contribution in [2.24, 2.45) is 5.92 Å². The first-order valence-corrected chi connectivity index (χ1v) is 10.5. The number of carbonyl (C=O) groups is 2. The first-order chi connectivity index (χ1) is 13.5. The molecular formula is C21H33N5O2. The molecule has 3 heterocycles. The predicted molar refractivity (Wildman–Crippen MR) is 109 cm³/mol. The number of carbonyl (C=O) groups excluding carboxylic acids is 2. The number of piperidine rings is 1. The highest BCUT2D eigenvalue weighted by Gasteiger charge is 2.27. The SMILES string of the molecule is CC(C)[C@H](NC(=O)N1CCN(CC(=O)N2CCCCC2)CC1)c1cccnc1.